The van der Waals surface area contributed by atoms with Gasteiger partial charge in [-0.3, -0.25) is 24.1 Å². The Hall–Kier alpha value is -4.46. The Morgan fingerprint density at radius 3 is 2.60 bits per heavy atom. The van der Waals surface area contributed by atoms with E-state index in [4.69, 9.17) is 22.2 Å². The van der Waals surface area contributed by atoms with Crippen molar-refractivity contribution in [2.45, 2.75) is 49.7 Å². The highest BCUT2D eigenvalue weighted by molar-refractivity contribution is 8.00. The van der Waals surface area contributed by atoms with Crippen molar-refractivity contribution in [3.05, 3.63) is 39.8 Å². The molecule has 0 spiro atoms. The van der Waals surface area contributed by atoms with Gasteiger partial charge in [-0.1, -0.05) is 16.8 Å². The van der Waals surface area contributed by atoms with Crippen LogP contribution in [0.25, 0.3) is 0 Å². The number of nitrogens with zero attached hydrogens (tertiary/aromatic N) is 6. The Morgan fingerprint density at radius 2 is 1.96 bits per heavy atom. The maximum absolute atomic E-state index is 13.5. The zero-order valence-electron chi connectivity index (χ0n) is 26.9. The highest BCUT2D eigenvalue weighted by atomic mass is 35.5. The number of carbonyl (C=O) groups is 5. The molecule has 6 N–H and O–H groups in total. The first-order valence-electron chi connectivity index (χ1n) is 15.5. The van der Waals surface area contributed by atoms with E-state index in [0.29, 0.717) is 67.7 Å². The Morgan fingerprint density at radius 1 is 1.24 bits per heavy atom. The third-order valence-corrected chi connectivity index (χ3v) is 11.6. The zero-order chi connectivity index (χ0) is 36.1. The number of nitrogen functional groups attached to an aromatic ring is 1. The fourth-order valence-corrected chi connectivity index (χ4v) is 8.65. The number of quaternary nitrogens is 1. The molecule has 5 aliphatic rings. The minimum Gasteiger partial charge on any atom is -0.504 e. The van der Waals surface area contributed by atoms with E-state index in [2.05, 4.69) is 19.8 Å². The van der Waals surface area contributed by atoms with Crippen LogP contribution in [-0.2, 0) is 24.0 Å². The van der Waals surface area contributed by atoms with Gasteiger partial charge in [-0.2, -0.15) is 9.36 Å². The number of carboxylic acid groups (broad SMARTS) is 1. The molecular formula is C30H34ClN8O9S2+. The molecule has 1 aromatic carbocycles. The predicted molar refractivity (Wildman–Crippen MR) is 180 cm³/mol. The van der Waals surface area contributed by atoms with E-state index in [1.165, 1.54) is 42.6 Å². The molecule has 0 unspecified atom stereocenters. The summed E-state index contributed by atoms with van der Waals surface area (Å²) < 4.78 is 4.51. The van der Waals surface area contributed by atoms with Gasteiger partial charge in [0, 0.05) is 41.7 Å². The molecule has 2 atom stereocenters. The first-order valence-corrected chi connectivity index (χ1v) is 17.7. The summed E-state index contributed by atoms with van der Waals surface area (Å²) in [5.41, 5.74) is 4.44. The Bertz CT molecular complexity index is 1840. The van der Waals surface area contributed by atoms with Crippen LogP contribution in [0, 0.1) is 0 Å². The smallest absolute Gasteiger partial charge is 0.352 e. The molecular weight excluding hydrogens is 716 g/mol. The van der Waals surface area contributed by atoms with Crippen molar-refractivity contribution in [3.63, 3.8) is 0 Å². The quantitative estimate of drug-likeness (QED) is 0.0564. The second-order valence-electron chi connectivity index (χ2n) is 13.0. The largest absolute Gasteiger partial charge is 0.504 e. The maximum Gasteiger partial charge on any atom is 0.352 e. The first-order chi connectivity index (χ1) is 23.6. The summed E-state index contributed by atoms with van der Waals surface area (Å²) in [5.74, 6) is -3.98. The van der Waals surface area contributed by atoms with Crippen molar-refractivity contribution in [2.24, 2.45) is 5.16 Å². The normalized spacial score (nSPS) is 25.1. The highest BCUT2D eigenvalue weighted by Crippen LogP contribution is 2.42. The molecule has 2 aromatic rings. The Balaban J connectivity index is 1.18. The number of carbonyl (C=O) groups excluding carboxylic acids is 4. The molecule has 266 valence electrons. The number of anilines is 1. The molecule has 5 aliphatic heterocycles. The van der Waals surface area contributed by atoms with Crippen LogP contribution < -0.4 is 11.1 Å². The number of aldehydes is 1. The van der Waals surface area contributed by atoms with E-state index in [0.717, 1.165) is 11.5 Å². The number of amides is 3. The van der Waals surface area contributed by atoms with E-state index >= 15 is 0 Å². The lowest BCUT2D eigenvalue weighted by molar-refractivity contribution is -0.924. The third kappa shape index (κ3) is 6.45. The fraction of sp³-hybridized carbons (Fsp3) is 0.467. The number of aromatic nitrogens is 2. The van der Waals surface area contributed by atoms with Crippen LogP contribution in [0.3, 0.4) is 0 Å². The third-order valence-electron chi connectivity index (χ3n) is 9.30. The zero-order valence-corrected chi connectivity index (χ0v) is 29.3. The summed E-state index contributed by atoms with van der Waals surface area (Å²) in [7, 11) is 0. The Labute approximate surface area is 298 Å². The molecule has 20 heteroatoms. The van der Waals surface area contributed by atoms with Gasteiger partial charge in [0.25, 0.3) is 17.7 Å². The maximum atomic E-state index is 13.5. The van der Waals surface area contributed by atoms with Gasteiger partial charge in [-0.15, -0.1) is 11.8 Å². The number of hydrogen-bond acceptors (Lipinski definition) is 14. The van der Waals surface area contributed by atoms with Crippen LogP contribution in [0.1, 0.15) is 42.9 Å². The molecule has 4 saturated heterocycles. The van der Waals surface area contributed by atoms with Crippen LogP contribution in [0.15, 0.2) is 28.6 Å². The number of aromatic hydroxyl groups is 2. The number of phenolic OH excluding ortho intramolecular Hbond substituents is 2. The second-order valence-corrected chi connectivity index (χ2v) is 15.3. The number of oxime groups is 1. The van der Waals surface area contributed by atoms with Crippen LogP contribution in [-0.4, -0.2) is 136 Å². The second kappa shape index (κ2) is 13.3. The minimum atomic E-state index is -1.38. The first kappa shape index (κ1) is 35.4. The van der Waals surface area contributed by atoms with Gasteiger partial charge >= 0.3 is 5.97 Å². The van der Waals surface area contributed by atoms with Crippen LogP contribution in [0.2, 0.25) is 5.02 Å². The van der Waals surface area contributed by atoms with Crippen molar-refractivity contribution in [1.29, 1.82) is 0 Å². The van der Waals surface area contributed by atoms with Crippen molar-refractivity contribution in [2.75, 3.05) is 44.2 Å². The number of fused-ring (bicyclic) bond motifs is 5. The average molecular weight is 750 g/mol. The van der Waals surface area contributed by atoms with Gasteiger partial charge < -0.3 is 40.6 Å². The number of benzene rings is 1. The van der Waals surface area contributed by atoms with E-state index in [1.807, 2.05) is 0 Å². The van der Waals surface area contributed by atoms with Crippen molar-refractivity contribution in [3.8, 4) is 11.5 Å². The summed E-state index contributed by atoms with van der Waals surface area (Å²) in [4.78, 5) is 76.5. The summed E-state index contributed by atoms with van der Waals surface area (Å²) >= 11 is 8.33. The fourth-order valence-electron chi connectivity index (χ4n) is 6.64. The lowest BCUT2D eigenvalue weighted by Gasteiger charge is -2.50. The molecule has 17 nitrogen and oxygen atoms in total. The SMILES string of the molecule is CC(C)(C=O)O/N=C(\C(=O)N[C@@H]1C(=O)N2C(C(=O)O)=C(C[N+]34CCC(CC3)N(C(=O)c3ccc(O)c(O)c3Cl)CC4)CS[C@H]12)c1nsc(N)n1. The molecule has 7 rings (SSSR count). The molecule has 6 heterocycles. The molecule has 0 radical (unpaired) electrons. The lowest BCUT2D eigenvalue weighted by atomic mass is 9.99. The average Bonchev–Trinajstić information content (AvgIpc) is 3.33. The number of halogens is 1. The standard InChI is InChI=1S/C30H33ClN8O9S2/c1-30(2,13-40)48-35-19(23-34-29(32)50-36-23)24(43)33-20-26(45)38-21(28(46)47)14(12-49-27(20)38)11-39-8-5-15(6-9-39)37(7-10-39)25(44)16-3-4-17(41)22(42)18(16)31/h3-4,13,15,20,27H,5-12H2,1-2H3,(H5-,32,33,34,35,36,41,42,43,44,46,47)/p+1/t15?,20-,27-,39?/m1/s1. The number of β-lactam (4-membered cyclic amide) rings is 1. The number of carboxylic acids is 1. The van der Waals surface area contributed by atoms with E-state index in [-0.39, 0.29) is 39.2 Å². The van der Waals surface area contributed by atoms with Crippen molar-refractivity contribution < 1.29 is 48.6 Å². The van der Waals surface area contributed by atoms with Crippen LogP contribution in [0.5, 0.6) is 11.5 Å². The van der Waals surface area contributed by atoms with Gasteiger partial charge in [-0.25, -0.2) is 4.79 Å². The minimum absolute atomic E-state index is 0.0500. The van der Waals surface area contributed by atoms with Gasteiger partial charge in [0.1, 0.15) is 23.7 Å². The predicted octanol–water partition coefficient (Wildman–Crippen LogP) is 0.757. The summed E-state index contributed by atoms with van der Waals surface area (Å²) in [6.45, 7) is 5.47. The van der Waals surface area contributed by atoms with Crippen molar-refractivity contribution >= 4 is 75.7 Å². The van der Waals surface area contributed by atoms with E-state index in [9.17, 15) is 39.3 Å². The van der Waals surface area contributed by atoms with E-state index in [1.54, 1.807) is 4.90 Å². The molecule has 1 aromatic heterocycles. The molecule has 0 saturated carbocycles. The number of nitrogens with two attached hydrogens (primary N) is 1. The summed E-state index contributed by atoms with van der Waals surface area (Å²) in [6, 6.07) is 1.42. The van der Waals surface area contributed by atoms with E-state index < -0.39 is 52.0 Å². The molecule has 0 aliphatic carbocycles. The summed E-state index contributed by atoms with van der Waals surface area (Å²) in [6.07, 6.45) is 1.81. The highest BCUT2D eigenvalue weighted by Gasteiger charge is 2.55. The number of thioether (sulfide) groups is 1. The number of phenols is 2. The molecule has 3 amide bonds. The van der Waals surface area contributed by atoms with Crippen molar-refractivity contribution in [1.82, 2.24) is 24.5 Å². The number of aliphatic carboxylic acids is 1. The number of hydrogen-bond donors (Lipinski definition) is 5. The Kier molecular flexibility index (Phi) is 9.44. The monoisotopic (exact) mass is 749 g/mol. The topological polar surface area (TPSA) is 238 Å². The van der Waals surface area contributed by atoms with Crippen LogP contribution in [0.4, 0.5) is 5.13 Å². The molecule has 4 fully saturated rings. The molecule has 2 bridgehead atoms. The number of piperidine rings is 1. The van der Waals surface area contributed by atoms with Gasteiger partial charge in [0.05, 0.1) is 36.8 Å². The summed E-state index contributed by atoms with van der Waals surface area (Å²) in [5, 5.41) is 35.7. The lowest BCUT2D eigenvalue weighted by Crippen LogP contribution is -2.71. The number of nitrogens with one attached hydrogen (secondary N) is 1. The van der Waals surface area contributed by atoms with Gasteiger partial charge in [0.15, 0.2) is 28.5 Å². The number of rotatable bonds is 10. The van der Waals surface area contributed by atoms with Gasteiger partial charge in [0.2, 0.25) is 11.5 Å². The van der Waals surface area contributed by atoms with Gasteiger partial charge in [-0.05, 0) is 26.0 Å². The van der Waals surface area contributed by atoms with Crippen LogP contribution >= 0.6 is 34.9 Å². The molecule has 50 heavy (non-hydrogen) atoms.